The molecular weight excluding hydrogens is 356 g/mol. The normalized spacial score (nSPS) is 11.3. The van der Waals surface area contributed by atoms with Gasteiger partial charge in [-0.3, -0.25) is 14.4 Å². The number of carbonyl (C=O) groups is 2. The number of rotatable bonds is 4. The maximum Gasteiger partial charge on any atom is 0.297 e. The van der Waals surface area contributed by atoms with Crippen LogP contribution in [0.25, 0.3) is 0 Å². The highest BCUT2D eigenvalue weighted by Crippen LogP contribution is 2.28. The average Bonchev–Trinajstić information content (AvgIpc) is 2.90. The Labute approximate surface area is 157 Å². The number of anilines is 1. The first kappa shape index (κ1) is 19.9. The molecule has 0 aliphatic rings. The predicted octanol–water partition coefficient (Wildman–Crippen LogP) is 3.49. The minimum Gasteiger partial charge on any atom is -0.306 e. The van der Waals surface area contributed by atoms with Gasteiger partial charge in [-0.2, -0.15) is 5.10 Å². The van der Waals surface area contributed by atoms with Crippen molar-refractivity contribution in [3.8, 4) is 0 Å². The monoisotopic (exact) mass is 378 g/mol. The van der Waals surface area contributed by atoms with Crippen LogP contribution in [-0.4, -0.2) is 40.8 Å². The van der Waals surface area contributed by atoms with Crippen molar-refractivity contribution in [3.05, 3.63) is 46.1 Å². The molecule has 26 heavy (non-hydrogen) atoms. The van der Waals surface area contributed by atoms with Gasteiger partial charge < -0.3 is 5.32 Å². The molecule has 0 radical (unpaired) electrons. The van der Waals surface area contributed by atoms with E-state index in [1.807, 2.05) is 20.8 Å². The van der Waals surface area contributed by atoms with E-state index in [4.69, 9.17) is 16.4 Å². The number of carbonyl (C=O) groups excluding carboxylic acids is 2. The van der Waals surface area contributed by atoms with E-state index in [-0.39, 0.29) is 11.6 Å². The van der Waals surface area contributed by atoms with Crippen molar-refractivity contribution in [2.75, 3.05) is 19.5 Å². The van der Waals surface area contributed by atoms with Gasteiger partial charge in [0.25, 0.3) is 11.8 Å². The maximum absolute atomic E-state index is 12.7. The number of hydrogen-bond donors (Lipinski definition) is 1. The molecule has 2 rings (SSSR count). The molecule has 1 N–H and O–H groups in total. The van der Waals surface area contributed by atoms with Gasteiger partial charge in [0.2, 0.25) is 0 Å². The molecule has 0 atom stereocenters. The molecule has 0 saturated heterocycles. The largest absolute Gasteiger partial charge is 0.306 e. The zero-order valence-corrected chi connectivity index (χ0v) is 16.5. The van der Waals surface area contributed by atoms with E-state index in [2.05, 4.69) is 10.4 Å². The Morgan fingerprint density at radius 1 is 1.27 bits per heavy atom. The van der Waals surface area contributed by atoms with Gasteiger partial charge in [0, 0.05) is 12.6 Å². The van der Waals surface area contributed by atoms with E-state index < -0.39 is 11.4 Å². The molecule has 0 fully saturated rings. The first-order chi connectivity index (χ1) is 12.1. The first-order valence-electron chi connectivity index (χ1n) is 8.06. The quantitative estimate of drug-likeness (QED) is 0.826. The fourth-order valence-electron chi connectivity index (χ4n) is 2.38. The van der Waals surface area contributed by atoms with Crippen LogP contribution in [0.2, 0.25) is 5.02 Å². The minimum atomic E-state index is -0.460. The zero-order chi connectivity index (χ0) is 19.6. The molecular formula is C18H23ClN4O3. The third-order valence-electron chi connectivity index (χ3n) is 3.87. The van der Waals surface area contributed by atoms with Gasteiger partial charge in [-0.25, -0.2) is 9.75 Å². The Bertz CT molecular complexity index is 839. The van der Waals surface area contributed by atoms with Crippen LogP contribution in [0, 0.1) is 6.92 Å². The van der Waals surface area contributed by atoms with Gasteiger partial charge in [0.1, 0.15) is 5.82 Å². The Balaban J connectivity index is 2.50. The molecule has 0 aliphatic heterocycles. The van der Waals surface area contributed by atoms with E-state index >= 15 is 0 Å². The average molecular weight is 379 g/mol. The lowest BCUT2D eigenvalue weighted by atomic mass is 10.1. The topological polar surface area (TPSA) is 76.5 Å². The SMILES string of the molecule is CON(C)C(=O)c1nn(C(C)(C)C)c(NC(=O)c2ccccc2Cl)c1C. The summed E-state index contributed by atoms with van der Waals surface area (Å²) in [5, 5.41) is 8.69. The summed E-state index contributed by atoms with van der Waals surface area (Å²) in [5.41, 5.74) is 0.642. The highest BCUT2D eigenvalue weighted by atomic mass is 35.5. The Morgan fingerprint density at radius 3 is 2.42 bits per heavy atom. The van der Waals surface area contributed by atoms with Crippen molar-refractivity contribution in [1.82, 2.24) is 14.8 Å². The molecule has 1 aromatic carbocycles. The molecule has 1 heterocycles. The van der Waals surface area contributed by atoms with Gasteiger partial charge in [0.15, 0.2) is 5.69 Å². The summed E-state index contributed by atoms with van der Waals surface area (Å²) in [6.45, 7) is 7.52. The third-order valence-corrected chi connectivity index (χ3v) is 4.20. The van der Waals surface area contributed by atoms with Crippen molar-refractivity contribution in [1.29, 1.82) is 0 Å². The van der Waals surface area contributed by atoms with Gasteiger partial charge in [-0.05, 0) is 39.8 Å². The molecule has 140 valence electrons. The lowest BCUT2D eigenvalue weighted by molar-refractivity contribution is -0.0761. The summed E-state index contributed by atoms with van der Waals surface area (Å²) in [5.74, 6) is -0.334. The Morgan fingerprint density at radius 2 is 1.88 bits per heavy atom. The highest BCUT2D eigenvalue weighted by Gasteiger charge is 2.29. The highest BCUT2D eigenvalue weighted by molar-refractivity contribution is 6.34. The molecule has 0 unspecified atom stereocenters. The molecule has 1 aromatic heterocycles. The Hall–Kier alpha value is -2.38. The van der Waals surface area contributed by atoms with Gasteiger partial charge in [-0.1, -0.05) is 23.7 Å². The van der Waals surface area contributed by atoms with Crippen molar-refractivity contribution >= 4 is 29.2 Å². The van der Waals surface area contributed by atoms with E-state index in [9.17, 15) is 9.59 Å². The zero-order valence-electron chi connectivity index (χ0n) is 15.8. The van der Waals surface area contributed by atoms with Crippen molar-refractivity contribution < 1.29 is 14.4 Å². The number of aromatic nitrogens is 2. The molecule has 2 amide bonds. The molecule has 8 heteroatoms. The van der Waals surface area contributed by atoms with Crippen LogP contribution in [0.3, 0.4) is 0 Å². The van der Waals surface area contributed by atoms with Crippen molar-refractivity contribution in [3.63, 3.8) is 0 Å². The third kappa shape index (κ3) is 3.89. The lowest BCUT2D eigenvalue weighted by Gasteiger charge is -2.23. The fraction of sp³-hybridized carbons (Fsp3) is 0.389. The van der Waals surface area contributed by atoms with Crippen LogP contribution in [-0.2, 0) is 10.4 Å². The number of benzene rings is 1. The minimum absolute atomic E-state index is 0.207. The van der Waals surface area contributed by atoms with Crippen LogP contribution in [0.5, 0.6) is 0 Å². The fourth-order valence-corrected chi connectivity index (χ4v) is 2.61. The molecule has 2 aromatic rings. The number of nitrogens with one attached hydrogen (secondary N) is 1. The molecule has 0 aliphatic carbocycles. The predicted molar refractivity (Wildman–Crippen MR) is 100 cm³/mol. The molecule has 0 spiro atoms. The number of hydrogen-bond acceptors (Lipinski definition) is 4. The van der Waals surface area contributed by atoms with Crippen molar-refractivity contribution in [2.24, 2.45) is 0 Å². The summed E-state index contributed by atoms with van der Waals surface area (Å²) >= 11 is 6.11. The summed E-state index contributed by atoms with van der Waals surface area (Å²) in [6, 6.07) is 6.76. The standard InChI is InChI=1S/C18H23ClN4O3/c1-11-14(17(25)22(5)26-6)21-23(18(2,3)4)15(11)20-16(24)12-9-7-8-10-13(12)19/h7-10H,1-6H3,(H,20,24). The second kappa shape index (κ2) is 7.47. The molecule has 0 bridgehead atoms. The number of nitrogens with zero attached hydrogens (tertiary/aromatic N) is 3. The summed E-state index contributed by atoms with van der Waals surface area (Å²) in [7, 11) is 2.90. The Kier molecular flexibility index (Phi) is 5.73. The van der Waals surface area contributed by atoms with Crippen LogP contribution < -0.4 is 5.32 Å². The number of halogens is 1. The summed E-state index contributed by atoms with van der Waals surface area (Å²) in [4.78, 5) is 30.1. The van der Waals surface area contributed by atoms with Gasteiger partial charge in [0.05, 0.1) is 23.2 Å². The summed E-state index contributed by atoms with van der Waals surface area (Å²) in [6.07, 6.45) is 0. The number of hydroxylamine groups is 2. The van der Waals surface area contributed by atoms with Crippen LogP contribution in [0.4, 0.5) is 5.82 Å². The lowest BCUT2D eigenvalue weighted by Crippen LogP contribution is -2.28. The van der Waals surface area contributed by atoms with Crippen molar-refractivity contribution in [2.45, 2.75) is 33.2 Å². The van der Waals surface area contributed by atoms with Crippen LogP contribution in [0.15, 0.2) is 24.3 Å². The van der Waals surface area contributed by atoms with E-state index in [1.165, 1.54) is 14.2 Å². The first-order valence-corrected chi connectivity index (χ1v) is 8.44. The summed E-state index contributed by atoms with van der Waals surface area (Å²) < 4.78 is 1.62. The van der Waals surface area contributed by atoms with Gasteiger partial charge >= 0.3 is 0 Å². The smallest absolute Gasteiger partial charge is 0.297 e. The van der Waals surface area contributed by atoms with E-state index in [0.29, 0.717) is 22.0 Å². The molecule has 0 saturated carbocycles. The second-order valence-electron chi connectivity index (χ2n) is 6.82. The van der Waals surface area contributed by atoms with Crippen LogP contribution >= 0.6 is 11.6 Å². The maximum atomic E-state index is 12.7. The van der Waals surface area contributed by atoms with E-state index in [0.717, 1.165) is 5.06 Å². The van der Waals surface area contributed by atoms with Crippen LogP contribution in [0.1, 0.15) is 47.2 Å². The number of amides is 2. The van der Waals surface area contributed by atoms with Gasteiger partial charge in [-0.15, -0.1) is 0 Å². The molecule has 7 nitrogen and oxygen atoms in total. The van der Waals surface area contributed by atoms with E-state index in [1.54, 1.807) is 35.9 Å². The second-order valence-corrected chi connectivity index (χ2v) is 7.23.